The predicted octanol–water partition coefficient (Wildman–Crippen LogP) is 3.23. The van der Waals surface area contributed by atoms with E-state index in [9.17, 15) is 4.79 Å². The molecule has 4 heteroatoms. The van der Waals surface area contributed by atoms with Crippen molar-refractivity contribution in [1.29, 1.82) is 0 Å². The Balaban J connectivity index is 1.90. The summed E-state index contributed by atoms with van der Waals surface area (Å²) in [5.41, 5.74) is 10.5. The standard InChI is InChI=1S/C19H17N3O/c1-12-3-2-4-13(9-12)10-14-7-8-22-18(14)21-17-6-5-15(20)11-16(17)19(22)23/h2-6,9-11H,7-8,20H2,1H3/b14-10+. The predicted molar refractivity (Wildman–Crippen MR) is 94.1 cm³/mol. The highest BCUT2D eigenvalue weighted by molar-refractivity contribution is 5.86. The van der Waals surface area contributed by atoms with Crippen LogP contribution in [0.15, 0.2) is 47.3 Å². The minimum atomic E-state index is -0.00931. The van der Waals surface area contributed by atoms with Crippen molar-refractivity contribution in [3.05, 3.63) is 69.8 Å². The molecule has 4 nitrogen and oxygen atoms in total. The minimum absolute atomic E-state index is 0.00931. The van der Waals surface area contributed by atoms with E-state index < -0.39 is 0 Å². The monoisotopic (exact) mass is 303 g/mol. The lowest BCUT2D eigenvalue weighted by Crippen LogP contribution is -2.20. The number of nitrogen functional groups attached to an aromatic ring is 1. The first-order valence-electron chi connectivity index (χ1n) is 7.69. The number of aromatic nitrogens is 2. The molecule has 0 saturated heterocycles. The highest BCUT2D eigenvalue weighted by atomic mass is 16.1. The summed E-state index contributed by atoms with van der Waals surface area (Å²) in [5, 5.41) is 0.588. The molecule has 0 atom stereocenters. The second-order valence-electron chi connectivity index (χ2n) is 6.00. The fraction of sp³-hybridized carbons (Fsp3) is 0.158. The molecule has 4 rings (SSSR count). The smallest absolute Gasteiger partial charge is 0.261 e. The van der Waals surface area contributed by atoms with Gasteiger partial charge in [-0.3, -0.25) is 9.36 Å². The summed E-state index contributed by atoms with van der Waals surface area (Å²) < 4.78 is 1.75. The molecule has 2 N–H and O–H groups in total. The molecule has 0 saturated carbocycles. The average molecular weight is 303 g/mol. The molecule has 3 aromatic rings. The van der Waals surface area contributed by atoms with Gasteiger partial charge < -0.3 is 5.73 Å². The van der Waals surface area contributed by atoms with Crippen LogP contribution in [0.3, 0.4) is 0 Å². The number of nitrogens with two attached hydrogens (primary N) is 1. The van der Waals surface area contributed by atoms with Crippen LogP contribution >= 0.6 is 0 Å². The van der Waals surface area contributed by atoms with E-state index in [1.54, 1.807) is 16.7 Å². The van der Waals surface area contributed by atoms with E-state index in [2.05, 4.69) is 31.2 Å². The van der Waals surface area contributed by atoms with Crippen LogP contribution in [-0.2, 0) is 6.54 Å². The van der Waals surface area contributed by atoms with Crippen LogP contribution in [0.4, 0.5) is 5.69 Å². The number of allylic oxidation sites excluding steroid dienone is 1. The van der Waals surface area contributed by atoms with Crippen molar-refractivity contribution in [3.63, 3.8) is 0 Å². The zero-order chi connectivity index (χ0) is 16.0. The second kappa shape index (κ2) is 5.09. The molecule has 1 aromatic heterocycles. The van der Waals surface area contributed by atoms with E-state index in [1.807, 2.05) is 12.1 Å². The van der Waals surface area contributed by atoms with E-state index in [4.69, 9.17) is 10.7 Å². The summed E-state index contributed by atoms with van der Waals surface area (Å²) >= 11 is 0. The molecule has 0 spiro atoms. The van der Waals surface area contributed by atoms with Gasteiger partial charge in [0.05, 0.1) is 10.9 Å². The molecule has 23 heavy (non-hydrogen) atoms. The third-order valence-corrected chi connectivity index (χ3v) is 4.25. The van der Waals surface area contributed by atoms with Crippen LogP contribution in [0, 0.1) is 6.92 Å². The molecule has 2 heterocycles. The van der Waals surface area contributed by atoms with Gasteiger partial charge in [0, 0.05) is 12.2 Å². The van der Waals surface area contributed by atoms with Gasteiger partial charge >= 0.3 is 0 Å². The van der Waals surface area contributed by atoms with E-state index in [-0.39, 0.29) is 5.56 Å². The van der Waals surface area contributed by atoms with Crippen molar-refractivity contribution < 1.29 is 0 Å². The summed E-state index contributed by atoms with van der Waals surface area (Å²) in [4.78, 5) is 17.4. The van der Waals surface area contributed by atoms with E-state index in [0.717, 1.165) is 23.4 Å². The zero-order valence-corrected chi connectivity index (χ0v) is 12.9. The van der Waals surface area contributed by atoms with E-state index in [1.165, 1.54) is 5.56 Å². The number of aryl methyl sites for hydroxylation is 1. The van der Waals surface area contributed by atoms with Crippen LogP contribution in [0.5, 0.6) is 0 Å². The number of nitrogens with zero attached hydrogens (tertiary/aromatic N) is 2. The highest BCUT2D eigenvalue weighted by Crippen LogP contribution is 2.27. The molecule has 1 aliphatic rings. The fourth-order valence-electron chi connectivity index (χ4n) is 3.13. The van der Waals surface area contributed by atoms with E-state index in [0.29, 0.717) is 23.1 Å². The third kappa shape index (κ3) is 2.32. The van der Waals surface area contributed by atoms with Crippen molar-refractivity contribution in [2.45, 2.75) is 19.9 Å². The minimum Gasteiger partial charge on any atom is -0.399 e. The lowest BCUT2D eigenvalue weighted by molar-refractivity contribution is 0.725. The normalized spacial score (nSPS) is 15.3. The number of fused-ring (bicyclic) bond motifs is 2. The summed E-state index contributed by atoms with van der Waals surface area (Å²) in [6.45, 7) is 2.74. The van der Waals surface area contributed by atoms with Crippen molar-refractivity contribution in [1.82, 2.24) is 9.55 Å². The SMILES string of the molecule is Cc1cccc(/C=C2\CCn3c2nc2ccc(N)cc2c3=O)c1. The molecular formula is C19H17N3O. The first-order valence-corrected chi connectivity index (χ1v) is 7.69. The Morgan fingerprint density at radius 2 is 2.09 bits per heavy atom. The topological polar surface area (TPSA) is 60.9 Å². The molecule has 0 amide bonds. The summed E-state index contributed by atoms with van der Waals surface area (Å²) in [6.07, 6.45) is 2.95. The second-order valence-corrected chi connectivity index (χ2v) is 6.00. The fourth-order valence-corrected chi connectivity index (χ4v) is 3.13. The van der Waals surface area contributed by atoms with Gasteiger partial charge in [-0.15, -0.1) is 0 Å². The summed E-state index contributed by atoms with van der Waals surface area (Å²) in [7, 11) is 0. The molecular weight excluding hydrogens is 286 g/mol. The first kappa shape index (κ1) is 13.8. The van der Waals surface area contributed by atoms with Gasteiger partial charge in [-0.1, -0.05) is 29.8 Å². The molecule has 2 aromatic carbocycles. The Kier molecular flexibility index (Phi) is 3.05. The van der Waals surface area contributed by atoms with E-state index >= 15 is 0 Å². The van der Waals surface area contributed by atoms with Crippen LogP contribution in [0.1, 0.15) is 23.4 Å². The van der Waals surface area contributed by atoms with Gasteiger partial charge in [-0.25, -0.2) is 4.98 Å². The van der Waals surface area contributed by atoms with Gasteiger partial charge in [0.1, 0.15) is 5.82 Å². The molecule has 0 bridgehead atoms. The molecule has 114 valence electrons. The number of hydrogen-bond acceptors (Lipinski definition) is 3. The molecule has 0 aliphatic carbocycles. The van der Waals surface area contributed by atoms with Gasteiger partial charge in [0.15, 0.2) is 0 Å². The number of hydrogen-bond donors (Lipinski definition) is 1. The third-order valence-electron chi connectivity index (χ3n) is 4.25. The lowest BCUT2D eigenvalue weighted by atomic mass is 10.1. The van der Waals surface area contributed by atoms with Crippen molar-refractivity contribution in [2.75, 3.05) is 5.73 Å². The Bertz CT molecular complexity index is 1010. The first-order chi connectivity index (χ1) is 11.1. The van der Waals surface area contributed by atoms with Crippen molar-refractivity contribution in [3.8, 4) is 0 Å². The largest absolute Gasteiger partial charge is 0.399 e. The molecule has 1 aliphatic heterocycles. The van der Waals surface area contributed by atoms with Gasteiger partial charge in [0.2, 0.25) is 0 Å². The number of benzene rings is 2. The Hall–Kier alpha value is -2.88. The zero-order valence-electron chi connectivity index (χ0n) is 12.9. The maximum atomic E-state index is 12.7. The average Bonchev–Trinajstić information content (AvgIpc) is 2.92. The van der Waals surface area contributed by atoms with Crippen LogP contribution in [-0.4, -0.2) is 9.55 Å². The number of anilines is 1. The van der Waals surface area contributed by atoms with Crippen LogP contribution in [0.25, 0.3) is 22.6 Å². The molecule has 0 unspecified atom stereocenters. The Morgan fingerprint density at radius 1 is 1.22 bits per heavy atom. The Labute approximate surface area is 133 Å². The van der Waals surface area contributed by atoms with Gasteiger partial charge in [0.25, 0.3) is 5.56 Å². The highest BCUT2D eigenvalue weighted by Gasteiger charge is 2.20. The Morgan fingerprint density at radius 3 is 2.91 bits per heavy atom. The molecule has 0 radical (unpaired) electrons. The van der Waals surface area contributed by atoms with Crippen LogP contribution in [0.2, 0.25) is 0 Å². The lowest BCUT2D eigenvalue weighted by Gasteiger charge is -2.06. The van der Waals surface area contributed by atoms with Crippen molar-refractivity contribution in [2.24, 2.45) is 0 Å². The molecule has 0 fully saturated rings. The maximum absolute atomic E-state index is 12.7. The maximum Gasteiger partial charge on any atom is 0.261 e. The van der Waals surface area contributed by atoms with Crippen molar-refractivity contribution >= 4 is 28.2 Å². The number of rotatable bonds is 1. The summed E-state index contributed by atoms with van der Waals surface area (Å²) in [6, 6.07) is 13.6. The van der Waals surface area contributed by atoms with Gasteiger partial charge in [-0.2, -0.15) is 0 Å². The van der Waals surface area contributed by atoms with Gasteiger partial charge in [-0.05, 0) is 48.8 Å². The summed E-state index contributed by atoms with van der Waals surface area (Å²) in [5.74, 6) is 0.772. The quantitative estimate of drug-likeness (QED) is 0.702. The van der Waals surface area contributed by atoms with Crippen LogP contribution < -0.4 is 11.3 Å².